The van der Waals surface area contributed by atoms with E-state index in [-0.39, 0.29) is 17.2 Å². The molecule has 0 atom stereocenters. The summed E-state index contributed by atoms with van der Waals surface area (Å²) in [5.74, 6) is -0.623. The summed E-state index contributed by atoms with van der Waals surface area (Å²) in [5.41, 5.74) is 4.58. The number of amides is 2. The number of thiophene rings is 1. The van der Waals surface area contributed by atoms with E-state index in [2.05, 4.69) is 45.1 Å². The smallest absolute Gasteiger partial charge is 0.282 e. The molecule has 0 spiro atoms. The van der Waals surface area contributed by atoms with Crippen LogP contribution in [0.15, 0.2) is 71.7 Å². The summed E-state index contributed by atoms with van der Waals surface area (Å²) in [5, 5.41) is 5.17. The van der Waals surface area contributed by atoms with Gasteiger partial charge in [0.25, 0.3) is 11.8 Å². The largest absolute Gasteiger partial charge is 0.350 e. The Bertz CT molecular complexity index is 1170. The Hall–Kier alpha value is -3.18. The molecular weight excluding hydrogens is 428 g/mol. The molecule has 1 aromatic heterocycles. The number of hydrogen-bond donors (Lipinski definition) is 1. The number of nitrogens with one attached hydrogen (secondary N) is 1. The third-order valence-corrected chi connectivity index (χ3v) is 6.77. The first-order valence-electron chi connectivity index (χ1n) is 11.4. The maximum absolute atomic E-state index is 13.5. The molecule has 1 aliphatic rings. The van der Waals surface area contributed by atoms with E-state index in [1.807, 2.05) is 53.9 Å². The Kier molecular flexibility index (Phi) is 6.52. The van der Waals surface area contributed by atoms with Crippen molar-refractivity contribution in [3.63, 3.8) is 0 Å². The molecule has 4 nitrogen and oxygen atoms in total. The monoisotopic (exact) mass is 458 g/mol. The molecule has 1 aliphatic heterocycles. The molecule has 0 saturated heterocycles. The number of unbranched alkanes of at least 4 members (excludes halogenated alkanes) is 1. The van der Waals surface area contributed by atoms with Gasteiger partial charge in [0.1, 0.15) is 5.70 Å². The van der Waals surface area contributed by atoms with Crippen molar-refractivity contribution in [1.82, 2.24) is 0 Å². The number of aryl methyl sites for hydroxylation is 1. The highest BCUT2D eigenvalue weighted by Gasteiger charge is 2.40. The van der Waals surface area contributed by atoms with Crippen molar-refractivity contribution in [3.8, 4) is 0 Å². The number of carbonyl (C=O) groups excluding carboxylic acids is 2. The third-order valence-electron chi connectivity index (χ3n) is 5.89. The second-order valence-corrected chi connectivity index (χ2v) is 10.3. The van der Waals surface area contributed by atoms with Crippen molar-refractivity contribution in [2.24, 2.45) is 0 Å². The zero-order valence-corrected chi connectivity index (χ0v) is 20.5. The average Bonchev–Trinajstić information content (AvgIpc) is 3.39. The van der Waals surface area contributed by atoms with E-state index in [0.29, 0.717) is 17.0 Å². The standard InChI is InChI=1S/C28H30N2O2S/c1-5-6-8-19-10-16-22(17-11-19)30-26(31)24(23-9-7-18-33-23)25(27(30)32)29-21-14-12-20(13-15-21)28(2,3)4/h7,9-18,29H,5-6,8H2,1-4H3. The molecule has 0 fully saturated rings. The van der Waals surface area contributed by atoms with Gasteiger partial charge in [0.05, 0.1) is 11.3 Å². The normalized spacial score (nSPS) is 14.4. The van der Waals surface area contributed by atoms with Crippen LogP contribution < -0.4 is 10.2 Å². The SMILES string of the molecule is CCCCc1ccc(N2C(=O)C(Nc3ccc(C(C)(C)C)cc3)=C(c3cccs3)C2=O)cc1. The van der Waals surface area contributed by atoms with Crippen LogP contribution >= 0.6 is 11.3 Å². The number of rotatable bonds is 7. The van der Waals surface area contributed by atoms with E-state index in [1.54, 1.807) is 0 Å². The first kappa shape index (κ1) is 23.0. The summed E-state index contributed by atoms with van der Waals surface area (Å²) in [7, 11) is 0. The summed E-state index contributed by atoms with van der Waals surface area (Å²) in [6.07, 6.45) is 3.24. The van der Waals surface area contributed by atoms with Gasteiger partial charge in [0.15, 0.2) is 0 Å². The summed E-state index contributed by atoms with van der Waals surface area (Å²) >= 11 is 1.46. The lowest BCUT2D eigenvalue weighted by molar-refractivity contribution is -0.120. The van der Waals surface area contributed by atoms with Gasteiger partial charge in [0.2, 0.25) is 0 Å². The fourth-order valence-electron chi connectivity index (χ4n) is 3.92. The van der Waals surface area contributed by atoms with Crippen LogP contribution in [-0.4, -0.2) is 11.8 Å². The van der Waals surface area contributed by atoms with Gasteiger partial charge < -0.3 is 5.32 Å². The molecule has 0 bridgehead atoms. The fourth-order valence-corrected chi connectivity index (χ4v) is 4.69. The number of carbonyl (C=O) groups is 2. The zero-order chi connectivity index (χ0) is 23.6. The van der Waals surface area contributed by atoms with Crippen LogP contribution in [0.2, 0.25) is 0 Å². The summed E-state index contributed by atoms with van der Waals surface area (Å²) < 4.78 is 0. The third kappa shape index (κ3) is 4.79. The van der Waals surface area contributed by atoms with Crippen molar-refractivity contribution in [1.29, 1.82) is 0 Å². The lowest BCUT2D eigenvalue weighted by Crippen LogP contribution is -2.32. The Morgan fingerprint density at radius 2 is 1.61 bits per heavy atom. The Balaban J connectivity index is 1.66. The van der Waals surface area contributed by atoms with Crippen LogP contribution in [0.5, 0.6) is 0 Å². The zero-order valence-electron chi connectivity index (χ0n) is 19.6. The second kappa shape index (κ2) is 9.36. The van der Waals surface area contributed by atoms with E-state index in [9.17, 15) is 9.59 Å². The Labute approximate surface area is 200 Å². The topological polar surface area (TPSA) is 49.4 Å². The fraction of sp³-hybridized carbons (Fsp3) is 0.286. The molecule has 0 saturated carbocycles. The molecule has 4 rings (SSSR count). The van der Waals surface area contributed by atoms with Gasteiger partial charge in [-0.3, -0.25) is 9.59 Å². The molecule has 3 aromatic rings. The highest BCUT2D eigenvalue weighted by atomic mass is 32.1. The minimum Gasteiger partial charge on any atom is -0.350 e. The predicted octanol–water partition coefficient (Wildman–Crippen LogP) is 6.78. The Morgan fingerprint density at radius 3 is 2.18 bits per heavy atom. The maximum Gasteiger partial charge on any atom is 0.282 e. The first-order valence-corrected chi connectivity index (χ1v) is 12.3. The van der Waals surface area contributed by atoms with Crippen LogP contribution in [0.3, 0.4) is 0 Å². The molecule has 2 heterocycles. The van der Waals surface area contributed by atoms with E-state index in [4.69, 9.17) is 0 Å². The van der Waals surface area contributed by atoms with E-state index >= 15 is 0 Å². The van der Waals surface area contributed by atoms with E-state index < -0.39 is 0 Å². The highest BCUT2D eigenvalue weighted by molar-refractivity contribution is 7.11. The minimum absolute atomic E-state index is 0.0408. The summed E-state index contributed by atoms with van der Waals surface area (Å²) in [6.45, 7) is 8.66. The van der Waals surface area contributed by atoms with E-state index in [1.165, 1.54) is 27.4 Å². The minimum atomic E-state index is -0.329. The molecule has 0 unspecified atom stereocenters. The van der Waals surface area contributed by atoms with Gasteiger partial charge in [-0.15, -0.1) is 11.3 Å². The van der Waals surface area contributed by atoms with Crippen LogP contribution in [0.1, 0.15) is 56.5 Å². The summed E-state index contributed by atoms with van der Waals surface area (Å²) in [4.78, 5) is 29.0. The van der Waals surface area contributed by atoms with E-state index in [0.717, 1.165) is 29.8 Å². The maximum atomic E-state index is 13.5. The van der Waals surface area contributed by atoms with Gasteiger partial charge >= 0.3 is 0 Å². The lowest BCUT2D eigenvalue weighted by Gasteiger charge is -2.19. The van der Waals surface area contributed by atoms with Gasteiger partial charge in [0, 0.05) is 10.6 Å². The molecular formula is C28H30N2O2S. The van der Waals surface area contributed by atoms with Crippen molar-refractivity contribution >= 4 is 40.1 Å². The second-order valence-electron chi connectivity index (χ2n) is 9.40. The highest BCUT2D eigenvalue weighted by Crippen LogP contribution is 2.36. The summed E-state index contributed by atoms with van der Waals surface area (Å²) in [6, 6.07) is 19.6. The van der Waals surface area contributed by atoms with Gasteiger partial charge in [-0.1, -0.05) is 64.4 Å². The number of benzene rings is 2. The molecule has 5 heteroatoms. The Morgan fingerprint density at radius 1 is 0.909 bits per heavy atom. The molecule has 1 N–H and O–H groups in total. The molecule has 170 valence electrons. The van der Waals surface area contributed by atoms with Crippen molar-refractivity contribution in [2.45, 2.75) is 52.4 Å². The molecule has 0 aliphatic carbocycles. The predicted molar refractivity (Wildman–Crippen MR) is 138 cm³/mol. The first-order chi connectivity index (χ1) is 15.8. The van der Waals surface area contributed by atoms with Gasteiger partial charge in [-0.05, 0) is 65.1 Å². The van der Waals surface area contributed by atoms with Crippen LogP contribution in [0.4, 0.5) is 11.4 Å². The van der Waals surface area contributed by atoms with Crippen LogP contribution in [-0.2, 0) is 21.4 Å². The molecule has 2 aromatic carbocycles. The number of anilines is 2. The van der Waals surface area contributed by atoms with Crippen LogP contribution in [0, 0.1) is 0 Å². The van der Waals surface area contributed by atoms with Crippen molar-refractivity contribution in [3.05, 3.63) is 87.7 Å². The van der Waals surface area contributed by atoms with Crippen molar-refractivity contribution in [2.75, 3.05) is 10.2 Å². The van der Waals surface area contributed by atoms with Crippen LogP contribution in [0.25, 0.3) is 5.57 Å². The quantitative estimate of drug-likeness (QED) is 0.397. The lowest BCUT2D eigenvalue weighted by atomic mass is 9.87. The molecule has 0 radical (unpaired) electrons. The number of nitrogens with zero attached hydrogens (tertiary/aromatic N) is 1. The van der Waals surface area contributed by atoms with Crippen molar-refractivity contribution < 1.29 is 9.59 Å². The number of hydrogen-bond acceptors (Lipinski definition) is 4. The average molecular weight is 459 g/mol. The van der Waals surface area contributed by atoms with Gasteiger partial charge in [-0.25, -0.2) is 4.90 Å². The molecule has 33 heavy (non-hydrogen) atoms. The molecule has 2 amide bonds. The number of imide groups is 1. The van der Waals surface area contributed by atoms with Gasteiger partial charge in [-0.2, -0.15) is 0 Å².